The van der Waals surface area contributed by atoms with E-state index < -0.39 is 0 Å². The fourth-order valence-corrected chi connectivity index (χ4v) is 2.25. The first-order valence-electron chi connectivity index (χ1n) is 5.41. The Balaban J connectivity index is 2.42. The van der Waals surface area contributed by atoms with Gasteiger partial charge in [-0.05, 0) is 46.7 Å². The van der Waals surface area contributed by atoms with Gasteiger partial charge in [0.15, 0.2) is 11.6 Å². The second-order valence-corrected chi connectivity index (χ2v) is 4.60. The fourth-order valence-electron chi connectivity index (χ4n) is 1.82. The van der Waals surface area contributed by atoms with Crippen molar-refractivity contribution in [1.29, 1.82) is 0 Å². The second-order valence-electron chi connectivity index (χ2n) is 3.75. The van der Waals surface area contributed by atoms with Gasteiger partial charge in [0.2, 0.25) is 0 Å². The van der Waals surface area contributed by atoms with Crippen LogP contribution in [0.15, 0.2) is 39.4 Å². The maximum absolute atomic E-state index is 13.4. The smallest absolute Gasteiger partial charge is 0.165 e. The van der Waals surface area contributed by atoms with Crippen molar-refractivity contribution in [2.45, 2.75) is 6.04 Å². The van der Waals surface area contributed by atoms with E-state index in [1.165, 1.54) is 13.2 Å². The van der Waals surface area contributed by atoms with Gasteiger partial charge in [0.05, 0.1) is 23.9 Å². The van der Waals surface area contributed by atoms with Crippen LogP contribution in [0.25, 0.3) is 0 Å². The van der Waals surface area contributed by atoms with Crippen LogP contribution in [0.3, 0.4) is 0 Å². The fraction of sp³-hybridized carbons (Fsp3) is 0.231. The van der Waals surface area contributed by atoms with Crippen LogP contribution in [0.1, 0.15) is 17.4 Å². The third-order valence-corrected chi connectivity index (χ3v) is 3.36. The van der Waals surface area contributed by atoms with E-state index in [9.17, 15) is 4.39 Å². The molecule has 3 nitrogen and oxygen atoms in total. The van der Waals surface area contributed by atoms with Gasteiger partial charge in [0.25, 0.3) is 0 Å². The predicted octanol–water partition coefficient (Wildman–Crippen LogP) is 3.50. The Morgan fingerprint density at radius 3 is 2.72 bits per heavy atom. The molecule has 0 bridgehead atoms. The Labute approximate surface area is 113 Å². The molecule has 0 spiro atoms. The molecule has 2 aromatic rings. The van der Waals surface area contributed by atoms with E-state index in [-0.39, 0.29) is 17.6 Å². The molecule has 0 aliphatic heterocycles. The quantitative estimate of drug-likeness (QED) is 0.938. The molecule has 96 valence electrons. The third-order valence-electron chi connectivity index (χ3n) is 2.70. The molecule has 1 N–H and O–H groups in total. The van der Waals surface area contributed by atoms with Gasteiger partial charge in [-0.3, -0.25) is 0 Å². The molecular weight excluding hydrogens is 301 g/mol. The Morgan fingerprint density at radius 1 is 1.39 bits per heavy atom. The molecule has 0 amide bonds. The van der Waals surface area contributed by atoms with Crippen molar-refractivity contribution in [3.8, 4) is 5.75 Å². The summed E-state index contributed by atoms with van der Waals surface area (Å²) in [5.74, 6) is 0.580. The zero-order chi connectivity index (χ0) is 13.1. The van der Waals surface area contributed by atoms with Gasteiger partial charge in [0.1, 0.15) is 5.76 Å². The second kappa shape index (κ2) is 5.54. The molecule has 1 atom stereocenters. The van der Waals surface area contributed by atoms with Crippen molar-refractivity contribution in [3.63, 3.8) is 0 Å². The topological polar surface area (TPSA) is 34.4 Å². The Morgan fingerprint density at radius 2 is 2.17 bits per heavy atom. The summed E-state index contributed by atoms with van der Waals surface area (Å²) in [5, 5.41) is 3.13. The lowest BCUT2D eigenvalue weighted by Crippen LogP contribution is -2.17. The number of furan rings is 1. The highest BCUT2D eigenvalue weighted by molar-refractivity contribution is 9.10. The van der Waals surface area contributed by atoms with Gasteiger partial charge < -0.3 is 14.5 Å². The van der Waals surface area contributed by atoms with Crippen molar-refractivity contribution >= 4 is 15.9 Å². The largest absolute Gasteiger partial charge is 0.494 e. The van der Waals surface area contributed by atoms with Gasteiger partial charge in [-0.15, -0.1) is 0 Å². The van der Waals surface area contributed by atoms with Crippen LogP contribution in [-0.2, 0) is 0 Å². The first kappa shape index (κ1) is 13.1. The van der Waals surface area contributed by atoms with E-state index in [4.69, 9.17) is 9.15 Å². The number of halogens is 2. The number of benzene rings is 1. The highest BCUT2D eigenvalue weighted by atomic mass is 79.9. The molecule has 0 saturated carbocycles. The van der Waals surface area contributed by atoms with Crippen molar-refractivity contribution < 1.29 is 13.5 Å². The molecule has 0 saturated heterocycles. The van der Waals surface area contributed by atoms with Crippen LogP contribution in [0, 0.1) is 5.82 Å². The average molecular weight is 314 g/mol. The molecule has 0 fully saturated rings. The summed E-state index contributed by atoms with van der Waals surface area (Å²) in [6, 6.07) is 6.40. The highest BCUT2D eigenvalue weighted by Gasteiger charge is 2.19. The average Bonchev–Trinajstić information content (AvgIpc) is 2.79. The summed E-state index contributed by atoms with van der Waals surface area (Å²) in [5.41, 5.74) is 0.867. The van der Waals surface area contributed by atoms with Crippen molar-refractivity contribution in [2.24, 2.45) is 0 Å². The van der Waals surface area contributed by atoms with Gasteiger partial charge in [-0.2, -0.15) is 0 Å². The number of ether oxygens (including phenoxy) is 1. The van der Waals surface area contributed by atoms with E-state index in [0.29, 0.717) is 0 Å². The van der Waals surface area contributed by atoms with Crippen LogP contribution >= 0.6 is 15.9 Å². The van der Waals surface area contributed by atoms with Crippen molar-refractivity contribution in [3.05, 3.63) is 52.1 Å². The molecule has 5 heteroatoms. The molecule has 1 heterocycles. The van der Waals surface area contributed by atoms with Crippen LogP contribution < -0.4 is 10.1 Å². The van der Waals surface area contributed by atoms with E-state index in [2.05, 4.69) is 21.2 Å². The van der Waals surface area contributed by atoms with E-state index >= 15 is 0 Å². The minimum Gasteiger partial charge on any atom is -0.494 e. The molecule has 1 aromatic heterocycles. The minimum atomic E-state index is -0.380. The molecular formula is C13H13BrFNO2. The Hall–Kier alpha value is -1.33. The monoisotopic (exact) mass is 313 g/mol. The Kier molecular flexibility index (Phi) is 4.04. The number of methoxy groups -OCH3 is 1. The number of hydrogen-bond acceptors (Lipinski definition) is 3. The summed E-state index contributed by atoms with van der Waals surface area (Å²) in [6.45, 7) is 0. The zero-order valence-electron chi connectivity index (χ0n) is 10.0. The minimum absolute atomic E-state index is 0.163. The summed E-state index contributed by atoms with van der Waals surface area (Å²) in [7, 11) is 3.26. The highest BCUT2D eigenvalue weighted by Crippen LogP contribution is 2.31. The molecule has 0 aliphatic carbocycles. The lowest BCUT2D eigenvalue weighted by atomic mass is 10.0. The van der Waals surface area contributed by atoms with Gasteiger partial charge >= 0.3 is 0 Å². The predicted molar refractivity (Wildman–Crippen MR) is 70.3 cm³/mol. The van der Waals surface area contributed by atoms with Crippen molar-refractivity contribution in [2.75, 3.05) is 14.2 Å². The molecule has 1 unspecified atom stereocenters. The zero-order valence-corrected chi connectivity index (χ0v) is 11.6. The number of rotatable bonds is 4. The van der Waals surface area contributed by atoms with Gasteiger partial charge in [-0.1, -0.05) is 6.07 Å². The number of nitrogens with one attached hydrogen (secondary N) is 1. The lowest BCUT2D eigenvalue weighted by Gasteiger charge is -2.16. The van der Waals surface area contributed by atoms with Crippen LogP contribution in [0.5, 0.6) is 5.75 Å². The van der Waals surface area contributed by atoms with Crippen LogP contribution in [-0.4, -0.2) is 14.2 Å². The van der Waals surface area contributed by atoms with Gasteiger partial charge in [-0.25, -0.2) is 4.39 Å². The normalized spacial score (nSPS) is 12.4. The maximum Gasteiger partial charge on any atom is 0.165 e. The van der Waals surface area contributed by atoms with E-state index in [0.717, 1.165) is 15.8 Å². The molecule has 0 radical (unpaired) electrons. The standard InChI is InChI=1S/C13H13BrFNO2/c1-16-12(13-9(14)5-6-18-13)8-3-4-10(15)11(7-8)17-2/h3-7,12,16H,1-2H3. The third kappa shape index (κ3) is 2.42. The summed E-state index contributed by atoms with van der Waals surface area (Å²) >= 11 is 3.42. The first-order valence-corrected chi connectivity index (χ1v) is 6.20. The van der Waals surface area contributed by atoms with E-state index in [1.807, 2.05) is 13.1 Å². The molecule has 1 aromatic carbocycles. The summed E-state index contributed by atoms with van der Waals surface area (Å²) < 4.78 is 24.7. The van der Waals surface area contributed by atoms with Crippen molar-refractivity contribution in [1.82, 2.24) is 5.32 Å². The Bertz CT molecular complexity index is 542. The maximum atomic E-state index is 13.4. The van der Waals surface area contributed by atoms with E-state index in [1.54, 1.807) is 18.4 Å². The van der Waals surface area contributed by atoms with Crippen LogP contribution in [0.4, 0.5) is 4.39 Å². The lowest BCUT2D eigenvalue weighted by molar-refractivity contribution is 0.384. The first-order chi connectivity index (χ1) is 8.67. The molecule has 18 heavy (non-hydrogen) atoms. The SMILES string of the molecule is CNC(c1ccc(F)c(OC)c1)c1occc1Br. The van der Waals surface area contributed by atoms with Gasteiger partial charge in [0, 0.05) is 0 Å². The molecule has 2 rings (SSSR count). The van der Waals surface area contributed by atoms with Crippen LogP contribution in [0.2, 0.25) is 0 Å². The summed E-state index contributed by atoms with van der Waals surface area (Å²) in [4.78, 5) is 0. The number of hydrogen-bond donors (Lipinski definition) is 1. The molecule has 0 aliphatic rings. The summed E-state index contributed by atoms with van der Waals surface area (Å²) in [6.07, 6.45) is 1.60.